The Morgan fingerprint density at radius 2 is 2.00 bits per heavy atom. The molecule has 1 aromatic heterocycles. The molecule has 0 saturated carbocycles. The van der Waals surface area contributed by atoms with Gasteiger partial charge in [0, 0.05) is 23.7 Å². The predicted molar refractivity (Wildman–Crippen MR) is 62.3 cm³/mol. The number of hydrogen-bond acceptors (Lipinski definition) is 4. The number of nitrogens with one attached hydrogen (secondary N) is 1. The van der Waals surface area contributed by atoms with Crippen molar-refractivity contribution < 1.29 is 4.74 Å². The third-order valence-corrected chi connectivity index (χ3v) is 2.20. The number of anilines is 1. The molecule has 82 valence electrons. The zero-order chi connectivity index (χ0) is 11.2. The summed E-state index contributed by atoms with van der Waals surface area (Å²) in [7, 11) is 0. The van der Waals surface area contributed by atoms with Gasteiger partial charge in [0.1, 0.15) is 18.1 Å². The topological polar surface area (TPSA) is 47.0 Å². The monoisotopic (exact) mass is 235 g/mol. The number of hydrogen-bond donors (Lipinski definition) is 1. The van der Waals surface area contributed by atoms with Crippen LogP contribution in [0.15, 0.2) is 42.6 Å². The lowest BCUT2D eigenvalue weighted by Crippen LogP contribution is -1.98. The van der Waals surface area contributed by atoms with Crippen molar-refractivity contribution in [2.45, 2.75) is 6.61 Å². The molecular formula is C11H10ClN3O. The van der Waals surface area contributed by atoms with Crippen molar-refractivity contribution in [1.82, 2.24) is 10.2 Å². The van der Waals surface area contributed by atoms with Gasteiger partial charge in [0.15, 0.2) is 0 Å². The minimum absolute atomic E-state index is 0.404. The zero-order valence-corrected chi connectivity index (χ0v) is 9.19. The highest BCUT2D eigenvalue weighted by atomic mass is 35.5. The van der Waals surface area contributed by atoms with Gasteiger partial charge in [-0.3, -0.25) is 4.84 Å². The van der Waals surface area contributed by atoms with Gasteiger partial charge in [-0.25, -0.2) is 0 Å². The summed E-state index contributed by atoms with van der Waals surface area (Å²) in [4.78, 5) is 2.52. The Morgan fingerprint density at radius 1 is 1.19 bits per heavy atom. The first-order chi connectivity index (χ1) is 7.88. The van der Waals surface area contributed by atoms with Gasteiger partial charge in [0.05, 0.1) is 0 Å². The normalized spacial score (nSPS) is 9.81. The highest BCUT2D eigenvalue weighted by Crippen LogP contribution is 2.16. The summed E-state index contributed by atoms with van der Waals surface area (Å²) < 4.78 is 5.52. The van der Waals surface area contributed by atoms with Crippen molar-refractivity contribution >= 4 is 17.5 Å². The first-order valence-electron chi connectivity index (χ1n) is 4.74. The van der Waals surface area contributed by atoms with E-state index in [1.807, 2.05) is 36.4 Å². The van der Waals surface area contributed by atoms with Crippen molar-refractivity contribution in [3.05, 3.63) is 48.3 Å². The van der Waals surface area contributed by atoms with Gasteiger partial charge in [0.2, 0.25) is 0 Å². The summed E-state index contributed by atoms with van der Waals surface area (Å²) in [6, 6.07) is 11.0. The maximum atomic E-state index is 5.52. The highest BCUT2D eigenvalue weighted by molar-refractivity contribution is 6.23. The van der Waals surface area contributed by atoms with Crippen LogP contribution in [0.2, 0.25) is 0 Å². The van der Waals surface area contributed by atoms with Crippen molar-refractivity contribution in [1.29, 1.82) is 0 Å². The van der Waals surface area contributed by atoms with E-state index in [9.17, 15) is 0 Å². The predicted octanol–water partition coefficient (Wildman–Crippen LogP) is 2.62. The first kappa shape index (κ1) is 10.7. The molecule has 2 aromatic rings. The largest absolute Gasteiger partial charge is 0.487 e. The van der Waals surface area contributed by atoms with Gasteiger partial charge in [-0.1, -0.05) is 0 Å². The van der Waals surface area contributed by atoms with Crippen molar-refractivity contribution in [3.8, 4) is 5.75 Å². The molecule has 0 bridgehead atoms. The second-order valence-corrected chi connectivity index (χ2v) is 3.31. The molecule has 0 saturated heterocycles. The van der Waals surface area contributed by atoms with E-state index < -0.39 is 0 Å². The molecule has 0 atom stereocenters. The van der Waals surface area contributed by atoms with Crippen LogP contribution in [0.4, 0.5) is 5.69 Å². The summed E-state index contributed by atoms with van der Waals surface area (Å²) in [6.07, 6.45) is 1.63. The average molecular weight is 236 g/mol. The summed E-state index contributed by atoms with van der Waals surface area (Å²) in [6.45, 7) is 0.404. The molecule has 0 radical (unpaired) electrons. The fraction of sp³-hybridized carbons (Fsp3) is 0.0909. The minimum Gasteiger partial charge on any atom is -0.487 e. The Bertz CT molecular complexity index is 433. The van der Waals surface area contributed by atoms with E-state index in [1.165, 1.54) is 0 Å². The molecule has 0 aliphatic carbocycles. The number of rotatable bonds is 4. The molecule has 0 fully saturated rings. The lowest BCUT2D eigenvalue weighted by molar-refractivity contribution is 0.300. The van der Waals surface area contributed by atoms with Crippen molar-refractivity contribution in [2.75, 3.05) is 4.84 Å². The fourth-order valence-corrected chi connectivity index (χ4v) is 1.31. The molecule has 2 rings (SSSR count). The number of ether oxygens (including phenoxy) is 1. The number of halogens is 1. The smallest absolute Gasteiger partial charge is 0.132 e. The van der Waals surface area contributed by atoms with Crippen molar-refractivity contribution in [3.63, 3.8) is 0 Å². The quantitative estimate of drug-likeness (QED) is 0.828. The molecular weight excluding hydrogens is 226 g/mol. The molecule has 0 unspecified atom stereocenters. The van der Waals surface area contributed by atoms with Gasteiger partial charge in [0.25, 0.3) is 0 Å². The molecule has 0 aliphatic rings. The van der Waals surface area contributed by atoms with Gasteiger partial charge in [-0.2, -0.15) is 10.2 Å². The standard InChI is InChI=1S/C11H10ClN3O/c12-14-9-3-5-11(6-4-9)16-8-10-2-1-7-13-15-10/h1-7,14H,8H2. The second-order valence-electron chi connectivity index (χ2n) is 3.12. The van der Waals surface area contributed by atoms with E-state index in [0.29, 0.717) is 6.61 Å². The van der Waals surface area contributed by atoms with Gasteiger partial charge in [-0.15, -0.1) is 0 Å². The lowest BCUT2D eigenvalue weighted by atomic mass is 10.3. The van der Waals surface area contributed by atoms with E-state index >= 15 is 0 Å². The Hall–Kier alpha value is -1.81. The van der Waals surface area contributed by atoms with Gasteiger partial charge in [-0.05, 0) is 36.4 Å². The van der Waals surface area contributed by atoms with Crippen LogP contribution in [-0.2, 0) is 6.61 Å². The van der Waals surface area contributed by atoms with Gasteiger partial charge >= 0.3 is 0 Å². The SMILES string of the molecule is ClNc1ccc(OCc2cccnn2)cc1. The molecule has 1 N–H and O–H groups in total. The third kappa shape index (κ3) is 2.84. The molecule has 1 heterocycles. The maximum absolute atomic E-state index is 5.52. The van der Waals surface area contributed by atoms with Crippen LogP contribution in [0.1, 0.15) is 5.69 Å². The number of nitrogens with zero attached hydrogens (tertiary/aromatic N) is 2. The van der Waals surface area contributed by atoms with E-state index in [1.54, 1.807) is 6.20 Å². The molecule has 0 spiro atoms. The summed E-state index contributed by atoms with van der Waals surface area (Å²) in [5.41, 5.74) is 1.62. The van der Waals surface area contributed by atoms with E-state index in [-0.39, 0.29) is 0 Å². The molecule has 0 amide bonds. The van der Waals surface area contributed by atoms with Crippen LogP contribution in [0.5, 0.6) is 5.75 Å². The summed E-state index contributed by atoms with van der Waals surface area (Å²) in [5.74, 6) is 0.765. The highest BCUT2D eigenvalue weighted by Gasteiger charge is 1.97. The Morgan fingerprint density at radius 3 is 2.62 bits per heavy atom. The number of benzene rings is 1. The Labute approximate surface area is 98.3 Å². The molecule has 4 nitrogen and oxygen atoms in total. The van der Waals surface area contributed by atoms with E-state index in [2.05, 4.69) is 15.0 Å². The first-order valence-corrected chi connectivity index (χ1v) is 5.12. The second kappa shape index (κ2) is 5.32. The summed E-state index contributed by atoms with van der Waals surface area (Å²) >= 11 is 5.44. The third-order valence-electron chi connectivity index (χ3n) is 1.98. The molecule has 1 aromatic carbocycles. The zero-order valence-electron chi connectivity index (χ0n) is 8.43. The van der Waals surface area contributed by atoms with Crippen LogP contribution in [-0.4, -0.2) is 10.2 Å². The average Bonchev–Trinajstić information content (AvgIpc) is 2.38. The Kier molecular flexibility index (Phi) is 3.56. The van der Waals surface area contributed by atoms with Crippen LogP contribution in [0, 0.1) is 0 Å². The van der Waals surface area contributed by atoms with Crippen LogP contribution >= 0.6 is 11.8 Å². The van der Waals surface area contributed by atoms with Gasteiger partial charge < -0.3 is 4.74 Å². The van der Waals surface area contributed by atoms with Crippen molar-refractivity contribution in [2.24, 2.45) is 0 Å². The lowest BCUT2D eigenvalue weighted by Gasteiger charge is -2.05. The maximum Gasteiger partial charge on any atom is 0.132 e. The number of aromatic nitrogens is 2. The fourth-order valence-electron chi connectivity index (χ4n) is 1.18. The molecule has 5 heteroatoms. The molecule has 16 heavy (non-hydrogen) atoms. The van der Waals surface area contributed by atoms with E-state index in [4.69, 9.17) is 16.5 Å². The Balaban J connectivity index is 1.94. The minimum atomic E-state index is 0.404. The summed E-state index contributed by atoms with van der Waals surface area (Å²) in [5, 5.41) is 7.69. The van der Waals surface area contributed by atoms with E-state index in [0.717, 1.165) is 17.1 Å². The van der Waals surface area contributed by atoms with Crippen LogP contribution in [0.25, 0.3) is 0 Å². The van der Waals surface area contributed by atoms with Crippen LogP contribution < -0.4 is 9.57 Å². The van der Waals surface area contributed by atoms with Crippen LogP contribution in [0.3, 0.4) is 0 Å². The molecule has 0 aliphatic heterocycles.